The quantitative estimate of drug-likeness (QED) is 0.173. The molecule has 57 heavy (non-hydrogen) atoms. The molecule has 15 heteroatoms. The number of methoxy groups -OCH3 is 1. The Bertz CT molecular complexity index is 2320. The number of allylic oxidation sites excluding steroid dienone is 1. The van der Waals surface area contributed by atoms with Gasteiger partial charge >= 0.3 is 0 Å². The van der Waals surface area contributed by atoms with Gasteiger partial charge in [0.05, 0.1) is 23.9 Å². The van der Waals surface area contributed by atoms with Gasteiger partial charge in [0.15, 0.2) is 0 Å². The Morgan fingerprint density at radius 3 is 2.61 bits per heavy atom. The molecule has 2 aromatic carbocycles. The molecule has 0 radical (unpaired) electrons. The van der Waals surface area contributed by atoms with Gasteiger partial charge in [-0.2, -0.15) is 0 Å². The van der Waals surface area contributed by atoms with Gasteiger partial charge in [-0.3, -0.25) is 19.1 Å². The van der Waals surface area contributed by atoms with Gasteiger partial charge in [0.2, 0.25) is 21.8 Å². The molecule has 3 amide bonds. The first-order valence-corrected chi connectivity index (χ1v) is 22.0. The van der Waals surface area contributed by atoms with Gasteiger partial charge in [0.1, 0.15) is 45.9 Å². The monoisotopic (exact) mass is 812 g/mol. The molecule has 3 N–H and O–H groups in total. The average molecular weight is 813 g/mol. The van der Waals surface area contributed by atoms with E-state index < -0.39 is 56.2 Å². The maximum atomic E-state index is 14.8. The zero-order chi connectivity index (χ0) is 40.0. The van der Waals surface area contributed by atoms with Crippen LogP contribution in [0.25, 0.3) is 21.6 Å². The van der Waals surface area contributed by atoms with Crippen molar-refractivity contribution in [3.05, 3.63) is 77.8 Å². The summed E-state index contributed by atoms with van der Waals surface area (Å²) in [5, 5.41) is 9.74. The SMILES string of the molecule is COc1ccc2c(O[C@@H]3C[C@H]4C(=O)N[C@]5(C(=O)NS(=O)(=O)C6(C)CC6)C[C@H]5C=CCCCCC[C@H](Nc5ccccc5)C(=O)N4C3)cc(-c3nccs3)nc2c1C. The summed E-state index contributed by atoms with van der Waals surface area (Å²) in [7, 11) is -2.36. The second-order valence-electron chi connectivity index (χ2n) is 15.9. The van der Waals surface area contributed by atoms with Crippen molar-refractivity contribution in [1.82, 2.24) is 24.9 Å². The van der Waals surface area contributed by atoms with Crippen molar-refractivity contribution in [2.45, 2.75) is 100 Å². The van der Waals surface area contributed by atoms with Crippen LogP contribution in [0.2, 0.25) is 0 Å². The molecule has 2 saturated carbocycles. The van der Waals surface area contributed by atoms with Crippen LogP contribution in [0.3, 0.4) is 0 Å². The number of hydrogen-bond donors (Lipinski definition) is 3. The van der Waals surface area contributed by atoms with E-state index in [1.807, 2.05) is 73.0 Å². The molecule has 2 aliphatic carbocycles. The normalized spacial score (nSPS) is 26.0. The molecule has 4 aromatic rings. The number of amides is 3. The van der Waals surface area contributed by atoms with Crippen molar-refractivity contribution < 1.29 is 32.3 Å². The molecule has 8 rings (SSSR count). The number of fused-ring (bicyclic) bond motifs is 3. The molecule has 2 aliphatic heterocycles. The lowest BCUT2D eigenvalue weighted by Gasteiger charge is -2.30. The lowest BCUT2D eigenvalue weighted by Crippen LogP contribution is -2.58. The first-order chi connectivity index (χ1) is 27.4. The topological polar surface area (TPSA) is 169 Å². The number of thiazole rings is 1. The van der Waals surface area contributed by atoms with Crippen molar-refractivity contribution in [3.63, 3.8) is 0 Å². The molecule has 2 aromatic heterocycles. The Morgan fingerprint density at radius 2 is 1.88 bits per heavy atom. The number of carbonyl (C=O) groups is 3. The second-order valence-corrected chi connectivity index (χ2v) is 19.0. The fraction of sp³-hybridized carbons (Fsp3) is 0.452. The number of para-hydroxylation sites is 1. The van der Waals surface area contributed by atoms with E-state index in [0.717, 1.165) is 42.3 Å². The van der Waals surface area contributed by atoms with E-state index in [0.29, 0.717) is 47.0 Å². The molecule has 5 atom stereocenters. The first kappa shape index (κ1) is 38.8. The van der Waals surface area contributed by atoms with Crippen LogP contribution < -0.4 is 24.8 Å². The van der Waals surface area contributed by atoms with E-state index >= 15 is 0 Å². The van der Waals surface area contributed by atoms with Crippen LogP contribution in [0.15, 0.2) is 72.3 Å². The van der Waals surface area contributed by atoms with E-state index in [4.69, 9.17) is 14.5 Å². The van der Waals surface area contributed by atoms with Crippen molar-refractivity contribution in [2.75, 3.05) is 19.0 Å². The Hall–Kier alpha value is -5.02. The number of pyridine rings is 1. The summed E-state index contributed by atoms with van der Waals surface area (Å²) in [6.07, 6.45) is 10.2. The van der Waals surface area contributed by atoms with Crippen molar-refractivity contribution in [2.24, 2.45) is 5.92 Å². The molecule has 0 spiro atoms. The number of rotatable bonds is 9. The predicted octanol–water partition coefficient (Wildman–Crippen LogP) is 5.90. The van der Waals surface area contributed by atoms with E-state index in [9.17, 15) is 22.8 Å². The van der Waals surface area contributed by atoms with Gasteiger partial charge in [-0.25, -0.2) is 18.4 Å². The molecule has 3 fully saturated rings. The highest BCUT2D eigenvalue weighted by molar-refractivity contribution is 7.91. The number of nitrogens with zero attached hydrogens (tertiary/aromatic N) is 3. The summed E-state index contributed by atoms with van der Waals surface area (Å²) in [6.45, 7) is 3.65. The van der Waals surface area contributed by atoms with Gasteiger partial charge in [-0.1, -0.05) is 43.2 Å². The summed E-state index contributed by atoms with van der Waals surface area (Å²) in [6, 6.07) is 13.5. The zero-order valence-corrected chi connectivity index (χ0v) is 34.0. The molecule has 4 aliphatic rings. The maximum absolute atomic E-state index is 14.8. The van der Waals surface area contributed by atoms with Crippen LogP contribution in [-0.4, -0.2) is 83.1 Å². The molecule has 13 nitrogen and oxygen atoms in total. The van der Waals surface area contributed by atoms with E-state index in [2.05, 4.69) is 20.3 Å². The summed E-state index contributed by atoms with van der Waals surface area (Å²) in [4.78, 5) is 54.4. The van der Waals surface area contributed by atoms with Crippen LogP contribution in [0, 0.1) is 12.8 Å². The van der Waals surface area contributed by atoms with E-state index in [1.165, 1.54) is 11.3 Å². The molecular formula is C42H48N6O7S2. The number of carbonyl (C=O) groups excluding carboxylic acids is 3. The van der Waals surface area contributed by atoms with Gasteiger partial charge in [0.25, 0.3) is 5.91 Å². The fourth-order valence-electron chi connectivity index (χ4n) is 8.02. The summed E-state index contributed by atoms with van der Waals surface area (Å²) >= 11 is 1.45. The largest absolute Gasteiger partial charge is 0.496 e. The maximum Gasteiger partial charge on any atom is 0.259 e. The number of anilines is 1. The summed E-state index contributed by atoms with van der Waals surface area (Å²) in [5.74, 6) is -0.735. The number of nitrogens with one attached hydrogen (secondary N) is 3. The van der Waals surface area contributed by atoms with E-state index in [1.54, 1.807) is 25.1 Å². The summed E-state index contributed by atoms with van der Waals surface area (Å²) < 4.78 is 40.2. The van der Waals surface area contributed by atoms with Gasteiger partial charge in [-0.05, 0) is 76.6 Å². The number of ether oxygens (including phenoxy) is 2. The average Bonchev–Trinajstić information content (AvgIpc) is 3.95. The smallest absolute Gasteiger partial charge is 0.259 e. The molecule has 300 valence electrons. The third-order valence-electron chi connectivity index (χ3n) is 11.9. The standard InChI is InChI=1S/C42H48N6O7S2/c1-26-34(54-3)17-16-30-35(23-32(45-36(26)30)38-43-20-21-56-38)55-29-22-33-37(49)46-42(40(51)47-57(52,53)41(2)18-19-41)24-27(42)12-8-5-4-6-11-15-31(39(50)48(33)25-29)44-28-13-9-7-10-14-28/h7-10,12-14,16-17,20-21,23,27,29,31,33,44H,4-6,11,15,18-19,22,24-25H2,1-3H3,(H,46,49)(H,47,51)/t27-,29-,31+,33+,42-/m1/s1. The van der Waals surface area contributed by atoms with Crippen LogP contribution in [0.4, 0.5) is 5.69 Å². The van der Waals surface area contributed by atoms with Gasteiger partial charge in [-0.15, -0.1) is 11.3 Å². The number of aryl methyl sites for hydroxylation is 1. The molecule has 0 bridgehead atoms. The Balaban J connectivity index is 1.14. The highest BCUT2D eigenvalue weighted by Gasteiger charge is 2.63. The molecule has 0 unspecified atom stereocenters. The molecule has 1 saturated heterocycles. The Kier molecular flexibility index (Phi) is 10.5. The van der Waals surface area contributed by atoms with Crippen LogP contribution in [-0.2, 0) is 24.4 Å². The van der Waals surface area contributed by atoms with Crippen LogP contribution >= 0.6 is 11.3 Å². The third-order valence-corrected chi connectivity index (χ3v) is 14.9. The van der Waals surface area contributed by atoms with Crippen molar-refractivity contribution in [3.8, 4) is 22.2 Å². The Labute approximate surface area is 336 Å². The summed E-state index contributed by atoms with van der Waals surface area (Å²) in [5.41, 5.74) is 1.45. The lowest BCUT2D eigenvalue weighted by atomic mass is 10.0. The number of aromatic nitrogens is 2. The van der Waals surface area contributed by atoms with E-state index in [-0.39, 0.29) is 25.3 Å². The third kappa shape index (κ3) is 7.71. The van der Waals surface area contributed by atoms with Crippen LogP contribution in [0.5, 0.6) is 11.5 Å². The lowest BCUT2D eigenvalue weighted by molar-refractivity contribution is -0.140. The Morgan fingerprint density at radius 1 is 1.07 bits per heavy atom. The second kappa shape index (κ2) is 15.4. The minimum Gasteiger partial charge on any atom is -0.496 e. The zero-order valence-electron chi connectivity index (χ0n) is 32.3. The first-order valence-electron chi connectivity index (χ1n) is 19.6. The predicted molar refractivity (Wildman–Crippen MR) is 218 cm³/mol. The number of benzene rings is 2. The minimum atomic E-state index is -3.97. The molecular weight excluding hydrogens is 765 g/mol. The highest BCUT2D eigenvalue weighted by atomic mass is 32.2. The highest BCUT2D eigenvalue weighted by Crippen LogP contribution is 2.48. The number of sulfonamides is 1. The fourth-order valence-corrected chi connectivity index (χ4v) is 9.93. The van der Waals surface area contributed by atoms with Gasteiger partial charge < -0.3 is 25.0 Å². The van der Waals surface area contributed by atoms with Crippen LogP contribution in [0.1, 0.15) is 70.3 Å². The number of hydrogen-bond acceptors (Lipinski definition) is 11. The molecule has 4 heterocycles. The van der Waals surface area contributed by atoms with Crippen molar-refractivity contribution in [1.29, 1.82) is 0 Å². The van der Waals surface area contributed by atoms with Gasteiger partial charge in [0, 0.05) is 46.6 Å². The van der Waals surface area contributed by atoms with Crippen molar-refractivity contribution >= 4 is 55.7 Å². The minimum absolute atomic E-state index is 0.102.